The topological polar surface area (TPSA) is 134 Å². The molecule has 48 heavy (non-hydrogen) atoms. The highest BCUT2D eigenvalue weighted by molar-refractivity contribution is 6.33. The number of amides is 5. The van der Waals surface area contributed by atoms with E-state index in [4.69, 9.17) is 11.6 Å². The number of hydrogen-bond acceptors (Lipinski definition) is 7. The minimum atomic E-state index is -4.56. The van der Waals surface area contributed by atoms with Crippen molar-refractivity contribution in [1.82, 2.24) is 20.0 Å². The Labute approximate surface area is 276 Å². The second-order valence-corrected chi connectivity index (χ2v) is 12.7. The molecule has 3 fully saturated rings. The van der Waals surface area contributed by atoms with Gasteiger partial charge >= 0.3 is 6.18 Å². The molecule has 0 radical (unpaired) electrons. The number of anilines is 2. The van der Waals surface area contributed by atoms with Crippen molar-refractivity contribution in [1.29, 1.82) is 0 Å². The van der Waals surface area contributed by atoms with Gasteiger partial charge in [0.05, 0.1) is 45.1 Å². The summed E-state index contributed by atoms with van der Waals surface area (Å²) in [6.45, 7) is 1.14. The molecule has 246 valence electrons. The van der Waals surface area contributed by atoms with Crippen molar-refractivity contribution in [3.05, 3.63) is 76.1 Å². The monoisotopic (exact) mass is 678 g/mol. The van der Waals surface area contributed by atoms with Gasteiger partial charge in [0, 0.05) is 31.4 Å². The summed E-state index contributed by atoms with van der Waals surface area (Å²) in [5, 5.41) is 9.00. The standard InChI is InChI=1S/C33H26ClF3N6O5/c34-24-12-20(33(35,36)37)4-7-25(24)39-31(48)32(10-1-11-32)42-17-18(14-38-42)2-3-19-15-41(16-19)21-5-6-22-23(13-21)30(47)43(29(22)46)26-8-9-27(44)40-28(26)45/h4-7,12-14,17,19,26H,1,8-11,15-16H2,(H,39,48)(H,40,44,45). The van der Waals surface area contributed by atoms with Crippen molar-refractivity contribution in [2.45, 2.75) is 49.9 Å². The maximum atomic E-state index is 13.3. The molecule has 1 saturated carbocycles. The Kier molecular flexibility index (Phi) is 7.54. The number of piperidine rings is 1. The quantitative estimate of drug-likeness (QED) is 0.308. The second-order valence-electron chi connectivity index (χ2n) is 12.3. The van der Waals surface area contributed by atoms with E-state index >= 15 is 0 Å². The number of carbonyl (C=O) groups is 5. The molecule has 3 aliphatic heterocycles. The predicted molar refractivity (Wildman–Crippen MR) is 165 cm³/mol. The van der Waals surface area contributed by atoms with Crippen molar-refractivity contribution < 1.29 is 37.1 Å². The molecule has 1 unspecified atom stereocenters. The Morgan fingerprint density at radius 3 is 2.46 bits per heavy atom. The lowest BCUT2D eigenvalue weighted by molar-refractivity contribution is -0.138. The number of nitrogens with zero attached hydrogens (tertiary/aromatic N) is 4. The lowest BCUT2D eigenvalue weighted by atomic mass is 9.76. The first-order valence-corrected chi connectivity index (χ1v) is 15.6. The Bertz CT molecular complexity index is 1970. The minimum absolute atomic E-state index is 0.00156. The van der Waals surface area contributed by atoms with E-state index in [1.165, 1.54) is 0 Å². The highest BCUT2D eigenvalue weighted by Gasteiger charge is 2.47. The van der Waals surface area contributed by atoms with Crippen molar-refractivity contribution in [3.63, 3.8) is 0 Å². The molecule has 0 bridgehead atoms. The number of halogens is 4. The number of benzene rings is 2. The number of hydrogen-bond donors (Lipinski definition) is 2. The fourth-order valence-electron chi connectivity index (χ4n) is 6.35. The van der Waals surface area contributed by atoms with Crippen molar-refractivity contribution in [3.8, 4) is 11.8 Å². The van der Waals surface area contributed by atoms with Crippen LogP contribution in [0.1, 0.15) is 63.9 Å². The van der Waals surface area contributed by atoms with E-state index in [0.717, 1.165) is 35.2 Å². The lowest BCUT2D eigenvalue weighted by Gasteiger charge is -2.40. The van der Waals surface area contributed by atoms with Crippen LogP contribution in [0.3, 0.4) is 0 Å². The Morgan fingerprint density at radius 1 is 1.04 bits per heavy atom. The number of carbonyl (C=O) groups excluding carboxylic acids is 5. The molecule has 0 spiro atoms. The van der Waals surface area contributed by atoms with Crippen molar-refractivity contribution >= 4 is 52.5 Å². The summed E-state index contributed by atoms with van der Waals surface area (Å²) in [6, 6.07) is 6.69. The van der Waals surface area contributed by atoms with Crippen LogP contribution in [0.2, 0.25) is 5.02 Å². The van der Waals surface area contributed by atoms with Gasteiger partial charge in [-0.3, -0.25) is 38.9 Å². The number of rotatable bonds is 5. The van der Waals surface area contributed by atoms with E-state index in [-0.39, 0.29) is 40.6 Å². The largest absolute Gasteiger partial charge is 0.416 e. The third-order valence-electron chi connectivity index (χ3n) is 9.26. The number of fused-ring (bicyclic) bond motifs is 1. The van der Waals surface area contributed by atoms with Crippen LogP contribution in [0, 0.1) is 17.8 Å². The molecule has 2 N–H and O–H groups in total. The van der Waals surface area contributed by atoms with Gasteiger partial charge in [0.1, 0.15) is 11.6 Å². The molecular weight excluding hydrogens is 653 g/mol. The van der Waals surface area contributed by atoms with Gasteiger partial charge < -0.3 is 10.2 Å². The molecule has 7 rings (SSSR count). The first kappa shape index (κ1) is 31.4. The maximum absolute atomic E-state index is 13.3. The number of aromatic nitrogens is 2. The van der Waals surface area contributed by atoms with Gasteiger partial charge in [-0.15, -0.1) is 0 Å². The molecule has 4 heterocycles. The molecule has 2 saturated heterocycles. The predicted octanol–water partition coefficient (Wildman–Crippen LogP) is 3.96. The summed E-state index contributed by atoms with van der Waals surface area (Å²) >= 11 is 6.05. The van der Waals surface area contributed by atoms with Gasteiger partial charge in [0.25, 0.3) is 17.7 Å². The highest BCUT2D eigenvalue weighted by Crippen LogP contribution is 2.41. The summed E-state index contributed by atoms with van der Waals surface area (Å²) in [7, 11) is 0. The average Bonchev–Trinajstić information content (AvgIpc) is 3.55. The van der Waals surface area contributed by atoms with Crippen LogP contribution < -0.4 is 15.5 Å². The van der Waals surface area contributed by atoms with Gasteiger partial charge in [-0.2, -0.15) is 18.3 Å². The van der Waals surface area contributed by atoms with Crippen LogP contribution in [0.5, 0.6) is 0 Å². The smallest absolute Gasteiger partial charge is 0.369 e. The summed E-state index contributed by atoms with van der Waals surface area (Å²) in [4.78, 5) is 66.2. The van der Waals surface area contributed by atoms with E-state index in [2.05, 4.69) is 27.6 Å². The Morgan fingerprint density at radius 2 is 1.79 bits per heavy atom. The summed E-state index contributed by atoms with van der Waals surface area (Å²) in [6.07, 6.45) is 0.548. The molecule has 1 aliphatic carbocycles. The first-order valence-electron chi connectivity index (χ1n) is 15.2. The van der Waals surface area contributed by atoms with Gasteiger partial charge in [-0.25, -0.2) is 0 Å². The molecule has 11 nitrogen and oxygen atoms in total. The highest BCUT2D eigenvalue weighted by atomic mass is 35.5. The van der Waals surface area contributed by atoms with Gasteiger partial charge in [0.15, 0.2) is 0 Å². The van der Waals surface area contributed by atoms with E-state index in [1.54, 1.807) is 35.3 Å². The third-order valence-corrected chi connectivity index (χ3v) is 9.57. The summed E-state index contributed by atoms with van der Waals surface area (Å²) in [5.74, 6) is 3.64. The minimum Gasteiger partial charge on any atom is -0.369 e. The van der Waals surface area contributed by atoms with Gasteiger partial charge in [0.2, 0.25) is 11.8 Å². The SMILES string of the molecule is O=C1CCC(N2C(=O)c3ccc(N4CC(C#Cc5cnn(C6(C(=O)Nc7ccc(C(F)(F)F)cc7Cl)CCC6)c5)C4)cc3C2=O)C(=O)N1. The average molecular weight is 679 g/mol. The zero-order valence-corrected chi connectivity index (χ0v) is 25.8. The third kappa shape index (κ3) is 5.37. The molecule has 15 heteroatoms. The van der Waals surface area contributed by atoms with Gasteiger partial charge in [-0.05, 0) is 62.1 Å². The molecule has 1 aromatic heterocycles. The van der Waals surface area contributed by atoms with Crippen LogP contribution in [-0.4, -0.2) is 63.3 Å². The van der Waals surface area contributed by atoms with Crippen molar-refractivity contribution in [2.24, 2.45) is 5.92 Å². The second kappa shape index (κ2) is 11.5. The van der Waals surface area contributed by atoms with Crippen LogP contribution in [0.4, 0.5) is 24.5 Å². The molecule has 5 amide bonds. The van der Waals surface area contributed by atoms with Crippen molar-refractivity contribution in [2.75, 3.05) is 23.3 Å². The molecule has 4 aliphatic rings. The Hall–Kier alpha value is -5.16. The number of imide groups is 2. The zero-order chi connectivity index (χ0) is 34.0. The van der Waals surface area contributed by atoms with Crippen LogP contribution in [0.25, 0.3) is 0 Å². The first-order chi connectivity index (χ1) is 22.8. The number of alkyl halides is 3. The van der Waals surface area contributed by atoms with E-state index < -0.39 is 52.9 Å². The Balaban J connectivity index is 0.984. The maximum Gasteiger partial charge on any atom is 0.416 e. The fourth-order valence-corrected chi connectivity index (χ4v) is 6.57. The molecule has 2 aromatic carbocycles. The summed E-state index contributed by atoms with van der Waals surface area (Å²) < 4.78 is 40.6. The number of nitrogens with one attached hydrogen (secondary N) is 2. The van der Waals surface area contributed by atoms with E-state index in [1.807, 2.05) is 4.90 Å². The normalized spacial score (nSPS) is 20.4. The van der Waals surface area contributed by atoms with Gasteiger partial charge in [-0.1, -0.05) is 23.4 Å². The lowest BCUT2D eigenvalue weighted by Crippen LogP contribution is -2.54. The fraction of sp³-hybridized carbons (Fsp3) is 0.333. The molecular formula is C33H26ClF3N6O5. The van der Waals surface area contributed by atoms with Crippen LogP contribution in [-0.2, 0) is 26.1 Å². The summed E-state index contributed by atoms with van der Waals surface area (Å²) in [5.41, 5.74) is -0.104. The van der Waals surface area contributed by atoms with Crippen LogP contribution in [0.15, 0.2) is 48.8 Å². The molecule has 3 aromatic rings. The molecule has 1 atom stereocenters. The van der Waals surface area contributed by atoms with Crippen LogP contribution >= 0.6 is 11.6 Å². The van der Waals surface area contributed by atoms with E-state index in [9.17, 15) is 37.1 Å². The van der Waals surface area contributed by atoms with E-state index in [0.29, 0.717) is 31.5 Å². The zero-order valence-electron chi connectivity index (χ0n) is 25.1.